The highest BCUT2D eigenvalue weighted by molar-refractivity contribution is 5.97. The summed E-state index contributed by atoms with van der Waals surface area (Å²) in [6.07, 6.45) is 1.25. The standard InChI is InChI=1S/C15H16N2O2/c1-9-6-10(9)8-16-13-7-14(15(18)19)17-12-5-3-2-4-11(12)13/h2-5,7,9-10H,6,8H2,1H3,(H,16,17)(H,18,19). The number of para-hydroxylation sites is 1. The van der Waals surface area contributed by atoms with Crippen LogP contribution in [0.3, 0.4) is 0 Å². The molecule has 1 saturated carbocycles. The first-order chi connectivity index (χ1) is 9.15. The van der Waals surface area contributed by atoms with Gasteiger partial charge in [-0.05, 0) is 30.4 Å². The Kier molecular flexibility index (Phi) is 2.85. The zero-order chi connectivity index (χ0) is 13.4. The summed E-state index contributed by atoms with van der Waals surface area (Å²) in [6, 6.07) is 9.24. The van der Waals surface area contributed by atoms with E-state index in [9.17, 15) is 4.79 Å². The van der Waals surface area contributed by atoms with Gasteiger partial charge in [-0.1, -0.05) is 25.1 Å². The van der Waals surface area contributed by atoms with E-state index in [0.29, 0.717) is 11.4 Å². The Labute approximate surface area is 111 Å². The molecular formula is C15H16N2O2. The SMILES string of the molecule is CC1CC1CNc1cc(C(=O)O)nc2ccccc12. The molecule has 4 heteroatoms. The molecule has 0 spiro atoms. The van der Waals surface area contributed by atoms with E-state index in [1.807, 2.05) is 24.3 Å². The van der Waals surface area contributed by atoms with Gasteiger partial charge in [0.05, 0.1) is 5.52 Å². The van der Waals surface area contributed by atoms with E-state index in [-0.39, 0.29) is 5.69 Å². The van der Waals surface area contributed by atoms with E-state index < -0.39 is 5.97 Å². The van der Waals surface area contributed by atoms with Crippen LogP contribution in [0.4, 0.5) is 5.69 Å². The molecule has 4 nitrogen and oxygen atoms in total. The maximum Gasteiger partial charge on any atom is 0.354 e. The monoisotopic (exact) mass is 256 g/mol. The minimum absolute atomic E-state index is 0.0880. The third kappa shape index (κ3) is 2.38. The lowest BCUT2D eigenvalue weighted by Gasteiger charge is -2.10. The smallest absolute Gasteiger partial charge is 0.354 e. The largest absolute Gasteiger partial charge is 0.477 e. The number of anilines is 1. The van der Waals surface area contributed by atoms with E-state index in [4.69, 9.17) is 5.11 Å². The van der Waals surface area contributed by atoms with Crippen LogP contribution in [0.1, 0.15) is 23.8 Å². The number of fused-ring (bicyclic) bond motifs is 1. The van der Waals surface area contributed by atoms with Crippen molar-refractivity contribution in [2.75, 3.05) is 11.9 Å². The lowest BCUT2D eigenvalue weighted by atomic mass is 10.1. The van der Waals surface area contributed by atoms with Gasteiger partial charge in [-0.25, -0.2) is 9.78 Å². The van der Waals surface area contributed by atoms with Gasteiger partial charge >= 0.3 is 5.97 Å². The first-order valence-electron chi connectivity index (χ1n) is 6.52. The Balaban J connectivity index is 1.97. The maximum absolute atomic E-state index is 11.1. The summed E-state index contributed by atoms with van der Waals surface area (Å²) in [5.41, 5.74) is 1.67. The fourth-order valence-electron chi connectivity index (χ4n) is 2.36. The predicted molar refractivity (Wildman–Crippen MR) is 74.5 cm³/mol. The van der Waals surface area contributed by atoms with Gasteiger partial charge in [-0.2, -0.15) is 0 Å². The van der Waals surface area contributed by atoms with Crippen LogP contribution < -0.4 is 5.32 Å². The summed E-state index contributed by atoms with van der Waals surface area (Å²) in [7, 11) is 0. The van der Waals surface area contributed by atoms with Gasteiger partial charge in [0.25, 0.3) is 0 Å². The number of rotatable bonds is 4. The topological polar surface area (TPSA) is 62.2 Å². The van der Waals surface area contributed by atoms with Crippen molar-refractivity contribution in [2.45, 2.75) is 13.3 Å². The molecule has 0 radical (unpaired) electrons. The fraction of sp³-hybridized carbons (Fsp3) is 0.333. The molecule has 2 unspecified atom stereocenters. The van der Waals surface area contributed by atoms with E-state index >= 15 is 0 Å². The molecule has 0 aliphatic heterocycles. The molecule has 1 aliphatic rings. The Morgan fingerprint density at radius 2 is 2.21 bits per heavy atom. The maximum atomic E-state index is 11.1. The molecule has 1 aromatic carbocycles. The Bertz CT molecular complexity index is 639. The van der Waals surface area contributed by atoms with Gasteiger partial charge in [0, 0.05) is 17.6 Å². The highest BCUT2D eigenvalue weighted by atomic mass is 16.4. The molecule has 2 atom stereocenters. The van der Waals surface area contributed by atoms with Crippen molar-refractivity contribution in [1.82, 2.24) is 4.98 Å². The highest BCUT2D eigenvalue weighted by Gasteiger charge is 2.32. The van der Waals surface area contributed by atoms with Crippen LogP contribution in [-0.2, 0) is 0 Å². The number of nitrogens with zero attached hydrogens (tertiary/aromatic N) is 1. The fourth-order valence-corrected chi connectivity index (χ4v) is 2.36. The number of carboxylic acids is 1. The number of nitrogens with one attached hydrogen (secondary N) is 1. The molecule has 1 aliphatic carbocycles. The number of pyridine rings is 1. The second-order valence-electron chi connectivity index (χ2n) is 5.23. The molecule has 2 aromatic rings. The molecule has 19 heavy (non-hydrogen) atoms. The highest BCUT2D eigenvalue weighted by Crippen LogP contribution is 2.38. The van der Waals surface area contributed by atoms with Crippen LogP contribution >= 0.6 is 0 Å². The predicted octanol–water partition coefficient (Wildman–Crippen LogP) is 3.00. The molecule has 2 N–H and O–H groups in total. The molecule has 0 amide bonds. The van der Waals surface area contributed by atoms with Gasteiger partial charge in [-0.15, -0.1) is 0 Å². The first kappa shape index (κ1) is 12.0. The zero-order valence-electron chi connectivity index (χ0n) is 10.8. The van der Waals surface area contributed by atoms with Crippen molar-refractivity contribution in [1.29, 1.82) is 0 Å². The van der Waals surface area contributed by atoms with E-state index in [2.05, 4.69) is 17.2 Å². The van der Waals surface area contributed by atoms with E-state index in [1.54, 1.807) is 6.07 Å². The number of aromatic carboxylic acids is 1. The lowest BCUT2D eigenvalue weighted by molar-refractivity contribution is 0.0691. The van der Waals surface area contributed by atoms with Gasteiger partial charge in [0.2, 0.25) is 0 Å². The average Bonchev–Trinajstić information content (AvgIpc) is 3.11. The Hall–Kier alpha value is -2.10. The van der Waals surface area contributed by atoms with Crippen molar-refractivity contribution >= 4 is 22.6 Å². The molecule has 98 valence electrons. The first-order valence-corrected chi connectivity index (χ1v) is 6.52. The summed E-state index contributed by atoms with van der Waals surface area (Å²) in [4.78, 5) is 15.3. The van der Waals surface area contributed by atoms with Gasteiger partial charge in [0.15, 0.2) is 5.69 Å². The number of hydrogen-bond donors (Lipinski definition) is 2. The Morgan fingerprint density at radius 1 is 1.47 bits per heavy atom. The van der Waals surface area contributed by atoms with Crippen molar-refractivity contribution in [3.05, 3.63) is 36.0 Å². The van der Waals surface area contributed by atoms with Crippen LogP contribution in [0.2, 0.25) is 0 Å². The summed E-state index contributed by atoms with van der Waals surface area (Å²) in [6.45, 7) is 3.13. The van der Waals surface area contributed by atoms with Crippen LogP contribution in [0.25, 0.3) is 10.9 Å². The van der Waals surface area contributed by atoms with Gasteiger partial charge in [-0.3, -0.25) is 0 Å². The second-order valence-corrected chi connectivity index (χ2v) is 5.23. The van der Waals surface area contributed by atoms with Crippen molar-refractivity contribution in [3.8, 4) is 0 Å². The molecule has 0 saturated heterocycles. The molecule has 1 aromatic heterocycles. The number of carbonyl (C=O) groups is 1. The van der Waals surface area contributed by atoms with Crippen molar-refractivity contribution < 1.29 is 9.90 Å². The summed E-state index contributed by atoms with van der Waals surface area (Å²) in [5, 5.41) is 13.5. The number of aromatic nitrogens is 1. The number of benzene rings is 1. The number of hydrogen-bond acceptors (Lipinski definition) is 3. The van der Waals surface area contributed by atoms with Crippen molar-refractivity contribution in [3.63, 3.8) is 0 Å². The summed E-state index contributed by atoms with van der Waals surface area (Å²) < 4.78 is 0. The Morgan fingerprint density at radius 3 is 2.89 bits per heavy atom. The third-order valence-electron chi connectivity index (χ3n) is 3.77. The third-order valence-corrected chi connectivity index (χ3v) is 3.77. The molecular weight excluding hydrogens is 240 g/mol. The van der Waals surface area contributed by atoms with Gasteiger partial charge in [0.1, 0.15) is 0 Å². The molecule has 1 fully saturated rings. The van der Waals surface area contributed by atoms with E-state index in [0.717, 1.165) is 23.5 Å². The van der Waals surface area contributed by atoms with Crippen molar-refractivity contribution in [2.24, 2.45) is 11.8 Å². The summed E-state index contributed by atoms with van der Waals surface area (Å²) >= 11 is 0. The lowest BCUT2D eigenvalue weighted by Crippen LogP contribution is -2.08. The minimum Gasteiger partial charge on any atom is -0.477 e. The minimum atomic E-state index is -0.992. The normalized spacial score (nSPS) is 21.3. The van der Waals surface area contributed by atoms with E-state index in [1.165, 1.54) is 6.42 Å². The quantitative estimate of drug-likeness (QED) is 0.882. The van der Waals surface area contributed by atoms with Crippen LogP contribution in [-0.4, -0.2) is 22.6 Å². The average molecular weight is 256 g/mol. The van der Waals surface area contributed by atoms with Crippen LogP contribution in [0, 0.1) is 11.8 Å². The number of carboxylic acid groups (broad SMARTS) is 1. The molecule has 1 heterocycles. The van der Waals surface area contributed by atoms with Crippen LogP contribution in [0.5, 0.6) is 0 Å². The zero-order valence-corrected chi connectivity index (χ0v) is 10.8. The van der Waals surface area contributed by atoms with Gasteiger partial charge < -0.3 is 10.4 Å². The molecule has 0 bridgehead atoms. The van der Waals surface area contributed by atoms with Crippen LogP contribution in [0.15, 0.2) is 30.3 Å². The second kappa shape index (κ2) is 4.53. The summed E-state index contributed by atoms with van der Waals surface area (Å²) in [5.74, 6) is 0.494. The molecule has 3 rings (SSSR count).